The molecule has 0 saturated carbocycles. The summed E-state index contributed by atoms with van der Waals surface area (Å²) in [4.78, 5) is 0. The summed E-state index contributed by atoms with van der Waals surface area (Å²) < 4.78 is 5.01. The Kier molecular flexibility index (Phi) is 5.46. The topological polar surface area (TPSA) is 49.7 Å². The molecule has 1 unspecified atom stereocenters. The van der Waals surface area contributed by atoms with Gasteiger partial charge in [0.05, 0.1) is 0 Å². The van der Waals surface area contributed by atoms with Crippen LogP contribution in [0.1, 0.15) is 40.0 Å². The van der Waals surface area contributed by atoms with Crippen molar-refractivity contribution in [1.29, 1.82) is 0 Å². The molecule has 0 aromatic carbocycles. The highest BCUT2D eigenvalue weighted by atomic mass is 16.6. The summed E-state index contributed by atoms with van der Waals surface area (Å²) in [6.07, 6.45) is 2.08. The van der Waals surface area contributed by atoms with E-state index in [1.807, 2.05) is 0 Å². The van der Waals surface area contributed by atoms with Crippen LogP contribution in [0.5, 0.6) is 0 Å². The average molecular weight is 176 g/mol. The van der Waals surface area contributed by atoms with E-state index in [0.29, 0.717) is 6.61 Å². The minimum absolute atomic E-state index is 0.513. The standard InChI is InChI=1S/C9H20O3/c1-4-5-6-7-12-8(10)9(2,3)11/h8,10-11H,4-7H2,1-3H3. The van der Waals surface area contributed by atoms with Crippen molar-refractivity contribution >= 4 is 0 Å². The van der Waals surface area contributed by atoms with Crippen molar-refractivity contribution in [1.82, 2.24) is 0 Å². The van der Waals surface area contributed by atoms with Gasteiger partial charge in [-0.2, -0.15) is 0 Å². The molecule has 1 atom stereocenters. The molecule has 0 aliphatic carbocycles. The number of hydrogen-bond donors (Lipinski definition) is 2. The number of aliphatic hydroxyl groups is 2. The summed E-state index contributed by atoms with van der Waals surface area (Å²) in [5.74, 6) is 0. The van der Waals surface area contributed by atoms with Gasteiger partial charge in [-0.15, -0.1) is 0 Å². The van der Waals surface area contributed by atoms with Gasteiger partial charge in [-0.05, 0) is 20.3 Å². The monoisotopic (exact) mass is 176 g/mol. The van der Waals surface area contributed by atoms with Gasteiger partial charge in [-0.1, -0.05) is 19.8 Å². The van der Waals surface area contributed by atoms with Gasteiger partial charge in [0.2, 0.25) is 0 Å². The zero-order chi connectivity index (χ0) is 9.61. The zero-order valence-electron chi connectivity index (χ0n) is 8.21. The molecular formula is C9H20O3. The molecule has 0 rings (SSSR count). The molecule has 0 spiro atoms. The van der Waals surface area contributed by atoms with Crippen LogP contribution in [0.15, 0.2) is 0 Å². The Morgan fingerprint density at radius 1 is 1.33 bits per heavy atom. The molecule has 0 heterocycles. The van der Waals surface area contributed by atoms with E-state index in [1.54, 1.807) is 0 Å². The first kappa shape index (κ1) is 11.9. The highest BCUT2D eigenvalue weighted by Gasteiger charge is 2.24. The van der Waals surface area contributed by atoms with Crippen molar-refractivity contribution in [2.45, 2.75) is 51.9 Å². The fourth-order valence-electron chi connectivity index (χ4n) is 0.751. The fourth-order valence-corrected chi connectivity index (χ4v) is 0.751. The molecule has 2 N–H and O–H groups in total. The van der Waals surface area contributed by atoms with Crippen LogP contribution in [-0.4, -0.2) is 28.7 Å². The molecule has 12 heavy (non-hydrogen) atoms. The number of rotatable bonds is 6. The van der Waals surface area contributed by atoms with Crippen LogP contribution in [-0.2, 0) is 4.74 Å². The number of hydrogen-bond acceptors (Lipinski definition) is 3. The Morgan fingerprint density at radius 3 is 2.33 bits per heavy atom. The van der Waals surface area contributed by atoms with E-state index in [1.165, 1.54) is 13.8 Å². The second kappa shape index (κ2) is 5.51. The highest BCUT2D eigenvalue weighted by molar-refractivity contribution is 4.67. The Hall–Kier alpha value is -0.120. The van der Waals surface area contributed by atoms with Gasteiger partial charge >= 0.3 is 0 Å². The predicted molar refractivity (Wildman–Crippen MR) is 47.8 cm³/mol. The highest BCUT2D eigenvalue weighted by Crippen LogP contribution is 2.09. The lowest BCUT2D eigenvalue weighted by molar-refractivity contribution is -0.198. The molecule has 0 aromatic rings. The molecule has 0 radical (unpaired) electrons. The summed E-state index contributed by atoms with van der Waals surface area (Å²) in [6, 6.07) is 0. The molecule has 0 aliphatic heterocycles. The van der Waals surface area contributed by atoms with Crippen molar-refractivity contribution in [2.75, 3.05) is 6.61 Å². The lowest BCUT2D eigenvalue weighted by atomic mass is 10.1. The van der Waals surface area contributed by atoms with Crippen LogP contribution in [0, 0.1) is 0 Å². The van der Waals surface area contributed by atoms with Gasteiger partial charge in [-0.3, -0.25) is 0 Å². The van der Waals surface area contributed by atoms with Crippen LogP contribution in [0.3, 0.4) is 0 Å². The first-order chi connectivity index (χ1) is 5.48. The average Bonchev–Trinajstić information content (AvgIpc) is 1.96. The van der Waals surface area contributed by atoms with Gasteiger partial charge in [0, 0.05) is 6.61 Å². The van der Waals surface area contributed by atoms with Crippen LogP contribution >= 0.6 is 0 Å². The Morgan fingerprint density at radius 2 is 1.92 bits per heavy atom. The van der Waals surface area contributed by atoms with Crippen molar-refractivity contribution in [3.63, 3.8) is 0 Å². The number of ether oxygens (including phenoxy) is 1. The Labute approximate surface area is 74.4 Å². The smallest absolute Gasteiger partial charge is 0.183 e. The summed E-state index contributed by atoms with van der Waals surface area (Å²) in [6.45, 7) is 5.67. The van der Waals surface area contributed by atoms with Crippen molar-refractivity contribution in [3.05, 3.63) is 0 Å². The number of aliphatic hydroxyl groups excluding tert-OH is 1. The first-order valence-electron chi connectivity index (χ1n) is 4.50. The largest absolute Gasteiger partial charge is 0.385 e. The Balaban J connectivity index is 3.38. The van der Waals surface area contributed by atoms with Gasteiger partial charge in [-0.25, -0.2) is 0 Å². The third-order valence-corrected chi connectivity index (χ3v) is 1.63. The molecule has 0 bridgehead atoms. The van der Waals surface area contributed by atoms with Crippen LogP contribution in [0.4, 0.5) is 0 Å². The Bertz CT molecular complexity index is 107. The third kappa shape index (κ3) is 5.52. The summed E-state index contributed by atoms with van der Waals surface area (Å²) in [5.41, 5.74) is -1.16. The minimum atomic E-state index is -1.16. The van der Waals surface area contributed by atoms with Crippen molar-refractivity contribution in [3.8, 4) is 0 Å². The SMILES string of the molecule is CCCCCOC(O)C(C)(C)O. The zero-order valence-corrected chi connectivity index (χ0v) is 8.21. The van der Waals surface area contributed by atoms with E-state index < -0.39 is 11.9 Å². The summed E-state index contributed by atoms with van der Waals surface area (Å²) in [7, 11) is 0. The second-order valence-electron chi connectivity index (χ2n) is 3.58. The van der Waals surface area contributed by atoms with E-state index in [2.05, 4.69) is 6.92 Å². The maximum Gasteiger partial charge on any atom is 0.183 e. The lowest BCUT2D eigenvalue weighted by Crippen LogP contribution is -2.38. The third-order valence-electron chi connectivity index (χ3n) is 1.63. The van der Waals surface area contributed by atoms with Crippen LogP contribution in [0.25, 0.3) is 0 Å². The fraction of sp³-hybridized carbons (Fsp3) is 1.00. The van der Waals surface area contributed by atoms with E-state index in [0.717, 1.165) is 19.3 Å². The molecule has 0 aliphatic rings. The van der Waals surface area contributed by atoms with E-state index >= 15 is 0 Å². The van der Waals surface area contributed by atoms with Crippen LogP contribution in [0.2, 0.25) is 0 Å². The summed E-state index contributed by atoms with van der Waals surface area (Å²) >= 11 is 0. The van der Waals surface area contributed by atoms with Gasteiger partial charge in [0.25, 0.3) is 0 Å². The predicted octanol–water partition coefficient (Wildman–Crippen LogP) is 1.28. The molecule has 3 nitrogen and oxygen atoms in total. The molecule has 0 amide bonds. The molecule has 3 heteroatoms. The van der Waals surface area contributed by atoms with Gasteiger partial charge in [0.15, 0.2) is 6.29 Å². The molecule has 0 aromatic heterocycles. The van der Waals surface area contributed by atoms with E-state index in [-0.39, 0.29) is 0 Å². The lowest BCUT2D eigenvalue weighted by Gasteiger charge is -2.24. The first-order valence-corrected chi connectivity index (χ1v) is 4.50. The van der Waals surface area contributed by atoms with E-state index in [9.17, 15) is 10.2 Å². The number of unbranched alkanes of at least 4 members (excludes halogenated alkanes) is 2. The van der Waals surface area contributed by atoms with E-state index in [4.69, 9.17) is 4.74 Å². The second-order valence-corrected chi connectivity index (χ2v) is 3.58. The van der Waals surface area contributed by atoms with Gasteiger partial charge in [0.1, 0.15) is 5.60 Å². The quantitative estimate of drug-likeness (QED) is 0.473. The molecular weight excluding hydrogens is 156 g/mol. The normalized spacial score (nSPS) is 14.8. The molecule has 0 saturated heterocycles. The van der Waals surface area contributed by atoms with Crippen molar-refractivity contribution < 1.29 is 14.9 Å². The molecule has 0 fully saturated rings. The maximum absolute atomic E-state index is 9.27. The maximum atomic E-state index is 9.27. The minimum Gasteiger partial charge on any atom is -0.385 e. The molecule has 74 valence electrons. The van der Waals surface area contributed by atoms with Crippen molar-refractivity contribution in [2.24, 2.45) is 0 Å². The van der Waals surface area contributed by atoms with Gasteiger partial charge < -0.3 is 14.9 Å². The van der Waals surface area contributed by atoms with Crippen LogP contribution < -0.4 is 0 Å². The summed E-state index contributed by atoms with van der Waals surface area (Å²) in [5, 5.41) is 18.5.